The van der Waals surface area contributed by atoms with Crippen LogP contribution in [0.15, 0.2) is 18.3 Å². The third kappa shape index (κ3) is 6.19. The molecule has 42 heavy (non-hydrogen) atoms. The number of piperazine rings is 1. The van der Waals surface area contributed by atoms with Crippen molar-refractivity contribution in [1.82, 2.24) is 15.3 Å². The molecule has 0 amide bonds. The highest BCUT2D eigenvalue weighted by molar-refractivity contribution is 7.84. The van der Waals surface area contributed by atoms with Gasteiger partial charge < -0.3 is 20.3 Å². The van der Waals surface area contributed by atoms with E-state index >= 15 is 0 Å². The number of halogens is 3. The number of benzene rings is 1. The van der Waals surface area contributed by atoms with Gasteiger partial charge in [0.15, 0.2) is 0 Å². The van der Waals surface area contributed by atoms with Crippen LogP contribution in [0, 0.1) is 11.3 Å². The second kappa shape index (κ2) is 11.8. The zero-order valence-electron chi connectivity index (χ0n) is 24.8. The van der Waals surface area contributed by atoms with Crippen LogP contribution in [-0.4, -0.2) is 71.0 Å². The lowest BCUT2D eigenvalue weighted by molar-refractivity contribution is -0.780. The lowest BCUT2D eigenvalue weighted by atomic mass is 9.94. The van der Waals surface area contributed by atoms with Gasteiger partial charge in [0.1, 0.15) is 11.8 Å². The number of nitrogens with zero attached hydrogens (tertiary/aromatic N) is 3. The van der Waals surface area contributed by atoms with Gasteiger partial charge in [-0.25, -0.2) is 14.3 Å². The first kappa shape index (κ1) is 30.8. The summed E-state index contributed by atoms with van der Waals surface area (Å²) in [5.41, 5.74) is 1.78. The third-order valence-corrected chi connectivity index (χ3v) is 11.0. The summed E-state index contributed by atoms with van der Waals surface area (Å²) in [5, 5.41) is 6.48. The van der Waals surface area contributed by atoms with Gasteiger partial charge in [-0.3, -0.25) is 0 Å². The van der Waals surface area contributed by atoms with Crippen molar-refractivity contribution in [2.45, 2.75) is 64.1 Å². The van der Waals surface area contributed by atoms with Gasteiger partial charge in [-0.2, -0.15) is 21.6 Å². The molecule has 1 aromatic carbocycles. The van der Waals surface area contributed by atoms with Crippen LogP contribution < -0.4 is 24.6 Å². The van der Waals surface area contributed by atoms with Crippen LogP contribution in [0.4, 0.5) is 30.5 Å². The Kier molecular flexibility index (Phi) is 8.66. The molecular weight excluding hydrogens is 569 g/mol. The van der Waals surface area contributed by atoms with E-state index in [2.05, 4.69) is 32.4 Å². The van der Waals surface area contributed by atoms with Crippen LogP contribution in [0.3, 0.4) is 0 Å². The third-order valence-electron chi connectivity index (χ3n) is 9.57. The van der Waals surface area contributed by atoms with Crippen LogP contribution in [-0.2, 0) is 29.0 Å². The number of aryl methyl sites for hydroxylation is 2. The number of alkyl halides is 3. The molecule has 3 N–H and O–H groups in total. The molecule has 0 radical (unpaired) electrons. The molecular formula is C29H42F3N6O3S+. The summed E-state index contributed by atoms with van der Waals surface area (Å²) in [5.74, 6) is 0.827. The molecule has 1 aliphatic heterocycles. The molecule has 1 saturated heterocycles. The zero-order chi connectivity index (χ0) is 30.3. The van der Waals surface area contributed by atoms with Crippen LogP contribution in [0.5, 0.6) is 5.75 Å². The smallest absolute Gasteiger partial charge is 0.419 e. The summed E-state index contributed by atoms with van der Waals surface area (Å²) in [6.07, 6.45) is 2.49. The number of quaternary nitrogens is 1. The van der Waals surface area contributed by atoms with Crippen LogP contribution in [0.1, 0.15) is 55.8 Å². The van der Waals surface area contributed by atoms with Crippen LogP contribution in [0.25, 0.3) is 0 Å². The molecule has 13 heteroatoms. The Morgan fingerprint density at radius 2 is 2.00 bits per heavy atom. The SMILES string of the molecule is CCc1cc(Nc2ncc(C(F)(F)F)c(CC[C@H]3C[C@@]34CCCC4[NH+](C)S(C)(=O)=O)n2)c(OC)cc1N1CCNCC1. The molecule has 4 atom stereocenters. The van der Waals surface area contributed by atoms with Gasteiger partial charge in [-0.15, -0.1) is 0 Å². The van der Waals surface area contributed by atoms with Gasteiger partial charge in [0.2, 0.25) is 5.95 Å². The number of aromatic nitrogens is 2. The Bertz CT molecular complexity index is 1400. The Labute approximate surface area is 246 Å². The molecule has 5 rings (SSSR count). The molecule has 3 fully saturated rings. The van der Waals surface area contributed by atoms with Gasteiger partial charge in [0, 0.05) is 56.0 Å². The summed E-state index contributed by atoms with van der Waals surface area (Å²) < 4.78 is 72.6. The highest BCUT2D eigenvalue weighted by Crippen LogP contribution is 2.63. The van der Waals surface area contributed by atoms with E-state index in [1.807, 2.05) is 12.1 Å². The number of ether oxygens (including phenoxy) is 1. The summed E-state index contributed by atoms with van der Waals surface area (Å²) in [6, 6.07) is 3.91. The predicted molar refractivity (Wildman–Crippen MR) is 156 cm³/mol. The van der Waals surface area contributed by atoms with Crippen molar-refractivity contribution in [2.75, 3.05) is 56.8 Å². The summed E-state index contributed by atoms with van der Waals surface area (Å²) in [4.78, 5) is 10.7. The van der Waals surface area contributed by atoms with Gasteiger partial charge in [0.25, 0.3) is 10.0 Å². The van der Waals surface area contributed by atoms with E-state index in [0.717, 1.165) is 75.7 Å². The van der Waals surface area contributed by atoms with Crippen molar-refractivity contribution in [3.05, 3.63) is 35.2 Å². The minimum atomic E-state index is -4.58. The van der Waals surface area contributed by atoms with Crippen molar-refractivity contribution in [1.29, 1.82) is 0 Å². The first-order chi connectivity index (χ1) is 19.9. The first-order valence-electron chi connectivity index (χ1n) is 14.8. The molecule has 2 heterocycles. The van der Waals surface area contributed by atoms with Crippen molar-refractivity contribution in [2.24, 2.45) is 11.3 Å². The topological polar surface area (TPSA) is 101 Å². The molecule has 2 saturated carbocycles. The number of methoxy groups -OCH3 is 1. The molecule has 9 nitrogen and oxygen atoms in total. The fourth-order valence-corrected chi connectivity index (χ4v) is 8.06. The van der Waals surface area contributed by atoms with Crippen LogP contribution in [0.2, 0.25) is 0 Å². The maximum absolute atomic E-state index is 14.0. The number of sulfonamides is 1. The number of rotatable bonds is 10. The molecule has 3 aliphatic rings. The molecule has 1 spiro atoms. The van der Waals surface area contributed by atoms with E-state index in [1.54, 1.807) is 14.2 Å². The fraction of sp³-hybridized carbons (Fsp3) is 0.655. The van der Waals surface area contributed by atoms with E-state index in [-0.39, 0.29) is 35.4 Å². The lowest BCUT2D eigenvalue weighted by Crippen LogP contribution is -3.15. The second-order valence-corrected chi connectivity index (χ2v) is 14.1. The molecule has 2 unspecified atom stereocenters. The standard InChI is InChI=1S/C29H41F3N6O3S/c1-5-19-15-23(25(41-3)16-24(19)38-13-11-33-12-14-38)36-27-34-18-21(29(30,31)32)22(35-27)9-8-20-17-28(20)10-6-7-26(28)37(2)42(4,39)40/h15-16,18,20,26,33H,5-14,17H2,1-4H3,(H,34,35,36)/p+1/t20-,26?,28-/m0/s1. The average Bonchev–Trinajstić information content (AvgIpc) is 3.49. The van der Waals surface area contributed by atoms with Crippen molar-refractivity contribution < 1.29 is 30.6 Å². The number of hydrogen-bond donors (Lipinski definition) is 3. The van der Waals surface area contributed by atoms with E-state index < -0.39 is 21.8 Å². The number of nitrogens with one attached hydrogen (secondary N) is 3. The molecule has 1 aromatic heterocycles. The van der Waals surface area contributed by atoms with E-state index in [0.29, 0.717) is 22.2 Å². The maximum atomic E-state index is 14.0. The van der Waals surface area contributed by atoms with Crippen molar-refractivity contribution >= 4 is 27.3 Å². The number of hydrogen-bond acceptors (Lipinski definition) is 8. The molecule has 2 aromatic rings. The molecule has 2 aliphatic carbocycles. The normalized spacial score (nSPS) is 25.1. The van der Waals surface area contributed by atoms with E-state index in [4.69, 9.17) is 4.74 Å². The minimum Gasteiger partial charge on any atom is -0.494 e. The largest absolute Gasteiger partial charge is 0.494 e. The Hall–Kier alpha value is -2.64. The lowest BCUT2D eigenvalue weighted by Gasteiger charge is -2.32. The Morgan fingerprint density at radius 1 is 1.26 bits per heavy atom. The van der Waals surface area contributed by atoms with E-state index in [9.17, 15) is 21.6 Å². The van der Waals surface area contributed by atoms with Crippen LogP contribution >= 0.6 is 0 Å². The average molecular weight is 612 g/mol. The zero-order valence-corrected chi connectivity index (χ0v) is 25.6. The van der Waals surface area contributed by atoms with Crippen molar-refractivity contribution in [3.63, 3.8) is 0 Å². The fourth-order valence-electron chi connectivity index (χ4n) is 7.19. The second-order valence-electron chi connectivity index (χ2n) is 11.9. The van der Waals surface area contributed by atoms with Gasteiger partial charge in [-0.1, -0.05) is 6.92 Å². The molecule has 0 bridgehead atoms. The van der Waals surface area contributed by atoms with E-state index in [1.165, 1.54) is 6.26 Å². The summed E-state index contributed by atoms with van der Waals surface area (Å²) in [7, 11) is -0.00380. The highest BCUT2D eigenvalue weighted by Gasteiger charge is 2.64. The Morgan fingerprint density at radius 3 is 2.64 bits per heavy atom. The Balaban J connectivity index is 1.37. The maximum Gasteiger partial charge on any atom is 0.419 e. The number of anilines is 3. The minimum absolute atomic E-state index is 0.0217. The summed E-state index contributed by atoms with van der Waals surface area (Å²) >= 11 is 0. The predicted octanol–water partition coefficient (Wildman–Crippen LogP) is 3.19. The quantitative estimate of drug-likeness (QED) is 0.377. The van der Waals surface area contributed by atoms with Crippen molar-refractivity contribution in [3.8, 4) is 5.75 Å². The van der Waals surface area contributed by atoms with Gasteiger partial charge >= 0.3 is 6.18 Å². The summed E-state index contributed by atoms with van der Waals surface area (Å²) in [6.45, 7) is 5.61. The first-order valence-corrected chi connectivity index (χ1v) is 16.7. The highest BCUT2D eigenvalue weighted by atomic mass is 32.2. The monoisotopic (exact) mass is 611 g/mol. The molecule has 232 valence electrons. The van der Waals surface area contributed by atoms with Gasteiger partial charge in [-0.05, 0) is 56.1 Å². The van der Waals surface area contributed by atoms with Gasteiger partial charge in [0.05, 0.1) is 37.4 Å².